The molecule has 4 heteroatoms. The third-order valence-electron chi connectivity index (χ3n) is 6.05. The Bertz CT molecular complexity index is 513. The molecular weight excluding hydrogens is 268 g/mol. The number of hydrogen-bond acceptors (Lipinski definition) is 4. The summed E-state index contributed by atoms with van der Waals surface area (Å²) in [6.07, 6.45) is 5.60. The zero-order chi connectivity index (χ0) is 14.8. The average Bonchev–Trinajstić information content (AvgIpc) is 2.69. The van der Waals surface area contributed by atoms with E-state index >= 15 is 0 Å². The number of rotatable bonds is 1. The standard InChI is InChI=1S/C17H24O4/c1-5-14-11(3)13-7-6-10(2)12-8-9-16(4)19-15(18-14)17(12,13)21-20-16/h5,10,12-13,15H,1,6-9H2,2-4H3/t10-,12+,13+,15-,16+,17-/m1/s1. The summed E-state index contributed by atoms with van der Waals surface area (Å²) < 4.78 is 12.3. The van der Waals surface area contributed by atoms with Crippen LogP contribution in [0.3, 0.4) is 0 Å². The molecule has 6 atom stereocenters. The molecular formula is C17H24O4. The smallest absolute Gasteiger partial charge is 0.235 e. The molecule has 0 aromatic rings. The molecule has 0 unspecified atom stereocenters. The van der Waals surface area contributed by atoms with Gasteiger partial charge in [-0.2, -0.15) is 0 Å². The lowest BCUT2D eigenvalue weighted by atomic mass is 9.59. The molecule has 2 bridgehead atoms. The van der Waals surface area contributed by atoms with Crippen LogP contribution in [-0.2, 0) is 19.2 Å². The summed E-state index contributed by atoms with van der Waals surface area (Å²) >= 11 is 0. The zero-order valence-electron chi connectivity index (χ0n) is 13.1. The van der Waals surface area contributed by atoms with Gasteiger partial charge in [-0.25, -0.2) is 9.78 Å². The summed E-state index contributed by atoms with van der Waals surface area (Å²) in [4.78, 5) is 11.8. The Balaban J connectivity index is 1.87. The van der Waals surface area contributed by atoms with Crippen molar-refractivity contribution in [3.05, 3.63) is 24.0 Å². The second kappa shape index (κ2) is 4.34. The minimum absolute atomic E-state index is 0.285. The van der Waals surface area contributed by atoms with Gasteiger partial charge in [0.05, 0.1) is 0 Å². The minimum Gasteiger partial charge on any atom is -0.462 e. The van der Waals surface area contributed by atoms with Crippen molar-refractivity contribution in [1.82, 2.24) is 0 Å². The maximum Gasteiger partial charge on any atom is 0.235 e. The SMILES string of the molecule is C=CC1=C(C)[C@@H]2CC[C@@H](C)[C@@H]3CC[C@]4(C)OO[C@@]23[C@H](O1)O4. The fourth-order valence-corrected chi connectivity index (χ4v) is 4.84. The second-order valence-corrected chi connectivity index (χ2v) is 7.23. The van der Waals surface area contributed by atoms with E-state index in [0.29, 0.717) is 11.8 Å². The van der Waals surface area contributed by atoms with Crippen LogP contribution in [0.25, 0.3) is 0 Å². The van der Waals surface area contributed by atoms with Crippen LogP contribution >= 0.6 is 0 Å². The van der Waals surface area contributed by atoms with Crippen LogP contribution in [0, 0.1) is 17.8 Å². The van der Waals surface area contributed by atoms with Gasteiger partial charge in [0.2, 0.25) is 12.1 Å². The minimum atomic E-state index is -0.699. The molecule has 5 aliphatic rings. The van der Waals surface area contributed by atoms with E-state index in [9.17, 15) is 0 Å². The van der Waals surface area contributed by atoms with Gasteiger partial charge in [-0.3, -0.25) is 0 Å². The molecule has 1 aliphatic carbocycles. The maximum absolute atomic E-state index is 6.21. The van der Waals surface area contributed by atoms with Crippen LogP contribution in [0.2, 0.25) is 0 Å². The second-order valence-electron chi connectivity index (χ2n) is 7.23. The van der Waals surface area contributed by atoms with Crippen LogP contribution in [0.1, 0.15) is 46.5 Å². The normalized spacial score (nSPS) is 52.0. The summed E-state index contributed by atoms with van der Waals surface area (Å²) in [5.41, 5.74) is 0.723. The maximum atomic E-state index is 6.21. The van der Waals surface area contributed by atoms with Crippen molar-refractivity contribution in [3.63, 3.8) is 0 Å². The number of hydrogen-bond donors (Lipinski definition) is 0. The van der Waals surface area contributed by atoms with Gasteiger partial charge in [-0.1, -0.05) is 13.5 Å². The number of fused-ring (bicyclic) bond motifs is 2. The van der Waals surface area contributed by atoms with Crippen LogP contribution in [0.4, 0.5) is 0 Å². The Hall–Kier alpha value is -0.840. The van der Waals surface area contributed by atoms with E-state index < -0.39 is 17.7 Å². The molecule has 4 heterocycles. The van der Waals surface area contributed by atoms with E-state index in [2.05, 4.69) is 20.4 Å². The lowest BCUT2D eigenvalue weighted by molar-refractivity contribution is -0.555. The predicted molar refractivity (Wildman–Crippen MR) is 76.8 cm³/mol. The molecule has 0 aromatic carbocycles. The van der Waals surface area contributed by atoms with Crippen molar-refractivity contribution in [2.24, 2.45) is 17.8 Å². The molecule has 1 saturated carbocycles. The van der Waals surface area contributed by atoms with E-state index in [1.54, 1.807) is 6.08 Å². The third kappa shape index (κ3) is 1.67. The first kappa shape index (κ1) is 13.8. The Kier molecular flexibility index (Phi) is 2.85. The molecule has 0 radical (unpaired) electrons. The van der Waals surface area contributed by atoms with Crippen molar-refractivity contribution < 1.29 is 19.2 Å². The highest BCUT2D eigenvalue weighted by Gasteiger charge is 2.68. The molecule has 0 N–H and O–H groups in total. The summed E-state index contributed by atoms with van der Waals surface area (Å²) in [5.74, 6) is 1.44. The highest BCUT2D eigenvalue weighted by molar-refractivity contribution is 5.28. The van der Waals surface area contributed by atoms with Gasteiger partial charge in [0.15, 0.2) is 5.60 Å². The molecule has 116 valence electrons. The molecule has 0 amide bonds. The van der Waals surface area contributed by atoms with Gasteiger partial charge in [-0.15, -0.1) is 0 Å². The fourth-order valence-electron chi connectivity index (χ4n) is 4.84. The van der Waals surface area contributed by atoms with E-state index in [1.807, 2.05) is 6.92 Å². The Labute approximate surface area is 126 Å². The fraction of sp³-hybridized carbons (Fsp3) is 0.765. The lowest BCUT2D eigenvalue weighted by Gasteiger charge is -2.57. The predicted octanol–water partition coefficient (Wildman–Crippen LogP) is 3.69. The molecule has 0 aromatic heterocycles. The molecule has 3 saturated heterocycles. The summed E-state index contributed by atoms with van der Waals surface area (Å²) in [5, 5.41) is 0. The topological polar surface area (TPSA) is 36.9 Å². The summed E-state index contributed by atoms with van der Waals surface area (Å²) in [6.45, 7) is 10.3. The Morgan fingerprint density at radius 2 is 2.05 bits per heavy atom. The van der Waals surface area contributed by atoms with Gasteiger partial charge < -0.3 is 9.47 Å². The summed E-state index contributed by atoms with van der Waals surface area (Å²) in [7, 11) is 0. The van der Waals surface area contributed by atoms with Crippen LogP contribution in [-0.4, -0.2) is 17.7 Å². The van der Waals surface area contributed by atoms with E-state index in [0.717, 1.165) is 25.0 Å². The van der Waals surface area contributed by atoms with Gasteiger partial charge in [0, 0.05) is 18.3 Å². The quantitative estimate of drug-likeness (QED) is 0.691. The van der Waals surface area contributed by atoms with E-state index in [-0.39, 0.29) is 5.92 Å². The van der Waals surface area contributed by atoms with Crippen molar-refractivity contribution >= 4 is 0 Å². The Morgan fingerprint density at radius 3 is 2.81 bits per heavy atom. The molecule has 1 spiro atoms. The van der Waals surface area contributed by atoms with E-state index in [4.69, 9.17) is 19.2 Å². The van der Waals surface area contributed by atoms with Gasteiger partial charge in [0.1, 0.15) is 5.76 Å². The molecule has 5 rings (SSSR count). The van der Waals surface area contributed by atoms with Crippen molar-refractivity contribution in [2.45, 2.75) is 64.1 Å². The third-order valence-corrected chi connectivity index (χ3v) is 6.05. The van der Waals surface area contributed by atoms with Crippen LogP contribution in [0.5, 0.6) is 0 Å². The first-order valence-corrected chi connectivity index (χ1v) is 8.05. The van der Waals surface area contributed by atoms with Crippen molar-refractivity contribution in [2.75, 3.05) is 0 Å². The van der Waals surface area contributed by atoms with Crippen molar-refractivity contribution in [1.29, 1.82) is 0 Å². The Morgan fingerprint density at radius 1 is 1.24 bits per heavy atom. The number of allylic oxidation sites excluding steroid dienone is 1. The first-order chi connectivity index (χ1) is 10.00. The first-order valence-electron chi connectivity index (χ1n) is 8.05. The lowest BCUT2D eigenvalue weighted by Crippen LogP contribution is -2.66. The van der Waals surface area contributed by atoms with E-state index in [1.165, 1.54) is 12.0 Å². The number of ether oxygens (including phenoxy) is 2. The molecule has 4 nitrogen and oxygen atoms in total. The highest BCUT2D eigenvalue weighted by Crippen LogP contribution is 2.60. The van der Waals surface area contributed by atoms with Crippen LogP contribution in [0.15, 0.2) is 24.0 Å². The largest absolute Gasteiger partial charge is 0.462 e. The monoisotopic (exact) mass is 292 g/mol. The summed E-state index contributed by atoms with van der Waals surface area (Å²) in [6, 6.07) is 0. The van der Waals surface area contributed by atoms with Gasteiger partial charge in [-0.05, 0) is 50.7 Å². The van der Waals surface area contributed by atoms with Gasteiger partial charge in [0.25, 0.3) is 0 Å². The molecule has 21 heavy (non-hydrogen) atoms. The van der Waals surface area contributed by atoms with Crippen LogP contribution < -0.4 is 0 Å². The zero-order valence-corrected chi connectivity index (χ0v) is 13.1. The van der Waals surface area contributed by atoms with Crippen molar-refractivity contribution in [3.8, 4) is 0 Å². The van der Waals surface area contributed by atoms with Gasteiger partial charge >= 0.3 is 0 Å². The molecule has 4 aliphatic heterocycles. The molecule has 4 fully saturated rings. The average molecular weight is 292 g/mol. The highest BCUT2D eigenvalue weighted by atomic mass is 17.3.